The van der Waals surface area contributed by atoms with E-state index in [1.165, 1.54) is 0 Å². The Balaban J connectivity index is 2.08. The number of nitrogens with zero attached hydrogens (tertiary/aromatic N) is 1. The second-order valence-corrected chi connectivity index (χ2v) is 6.15. The molecule has 1 aromatic carbocycles. The third-order valence-corrected chi connectivity index (χ3v) is 4.32. The summed E-state index contributed by atoms with van der Waals surface area (Å²) in [6, 6.07) is 7.12. The number of primary amides is 1. The van der Waals surface area contributed by atoms with Crippen LogP contribution in [0.2, 0.25) is 0 Å². The fourth-order valence-electron chi connectivity index (χ4n) is 3.05. The maximum atomic E-state index is 12.6. The molecule has 4 N–H and O–H groups in total. The van der Waals surface area contributed by atoms with Gasteiger partial charge in [-0.2, -0.15) is 0 Å². The summed E-state index contributed by atoms with van der Waals surface area (Å²) in [7, 11) is 1.92. The van der Waals surface area contributed by atoms with E-state index in [2.05, 4.69) is 10.6 Å². The number of amides is 3. The number of rotatable bonds is 5. The minimum atomic E-state index is -0.615. The first kappa shape index (κ1) is 17.3. The summed E-state index contributed by atoms with van der Waals surface area (Å²) in [5, 5.41) is 5.92. The van der Waals surface area contributed by atoms with Gasteiger partial charge in [-0.1, -0.05) is 29.8 Å². The molecular formula is C17H26N4O2. The van der Waals surface area contributed by atoms with Gasteiger partial charge < -0.3 is 21.3 Å². The zero-order valence-electron chi connectivity index (χ0n) is 13.8. The Morgan fingerprint density at radius 3 is 2.87 bits per heavy atom. The van der Waals surface area contributed by atoms with Crippen LogP contribution in [0.3, 0.4) is 0 Å². The SMILES string of the molecule is CN[C@H]1CCCN(C(=O)C[C@@H](NC(N)=O)c2cccc(C)c2)C1. The number of nitrogens with one attached hydrogen (secondary N) is 2. The average molecular weight is 318 g/mol. The van der Waals surface area contributed by atoms with Gasteiger partial charge in [-0.25, -0.2) is 4.79 Å². The summed E-state index contributed by atoms with van der Waals surface area (Å²) in [6.45, 7) is 3.47. The van der Waals surface area contributed by atoms with Gasteiger partial charge in [-0.3, -0.25) is 4.79 Å². The highest BCUT2D eigenvalue weighted by Crippen LogP contribution is 2.20. The maximum absolute atomic E-state index is 12.6. The second-order valence-electron chi connectivity index (χ2n) is 6.15. The number of hydrogen-bond donors (Lipinski definition) is 3. The quantitative estimate of drug-likeness (QED) is 0.765. The van der Waals surface area contributed by atoms with E-state index in [-0.39, 0.29) is 12.3 Å². The van der Waals surface area contributed by atoms with Gasteiger partial charge >= 0.3 is 6.03 Å². The summed E-state index contributed by atoms with van der Waals surface area (Å²) < 4.78 is 0. The Hall–Kier alpha value is -2.08. The lowest BCUT2D eigenvalue weighted by Gasteiger charge is -2.33. The Morgan fingerprint density at radius 1 is 1.43 bits per heavy atom. The van der Waals surface area contributed by atoms with Crippen molar-refractivity contribution in [1.82, 2.24) is 15.5 Å². The molecule has 0 saturated carbocycles. The Labute approximate surface area is 137 Å². The molecule has 23 heavy (non-hydrogen) atoms. The molecule has 1 aliphatic heterocycles. The molecule has 1 saturated heterocycles. The van der Waals surface area contributed by atoms with Crippen molar-refractivity contribution in [3.05, 3.63) is 35.4 Å². The van der Waals surface area contributed by atoms with Crippen LogP contribution in [0, 0.1) is 6.92 Å². The van der Waals surface area contributed by atoms with Crippen LogP contribution in [0.5, 0.6) is 0 Å². The smallest absolute Gasteiger partial charge is 0.312 e. The van der Waals surface area contributed by atoms with Crippen LogP contribution in [0.1, 0.15) is 36.4 Å². The van der Waals surface area contributed by atoms with Gasteiger partial charge in [0.05, 0.1) is 12.5 Å². The number of piperidine rings is 1. The van der Waals surface area contributed by atoms with Crippen molar-refractivity contribution >= 4 is 11.9 Å². The average Bonchev–Trinajstić information content (AvgIpc) is 2.53. The van der Waals surface area contributed by atoms with Crippen molar-refractivity contribution < 1.29 is 9.59 Å². The molecular weight excluding hydrogens is 292 g/mol. The first-order valence-electron chi connectivity index (χ1n) is 8.07. The molecule has 1 aromatic rings. The minimum Gasteiger partial charge on any atom is -0.352 e. The van der Waals surface area contributed by atoms with Gasteiger partial charge in [-0.05, 0) is 32.4 Å². The minimum absolute atomic E-state index is 0.0465. The van der Waals surface area contributed by atoms with Crippen LogP contribution in [-0.2, 0) is 4.79 Å². The van der Waals surface area contributed by atoms with Crippen LogP contribution < -0.4 is 16.4 Å². The monoisotopic (exact) mass is 318 g/mol. The van der Waals surface area contributed by atoms with E-state index in [0.717, 1.165) is 30.5 Å². The molecule has 2 rings (SSSR count). The van der Waals surface area contributed by atoms with Gasteiger partial charge in [0.25, 0.3) is 0 Å². The third-order valence-electron chi connectivity index (χ3n) is 4.32. The highest BCUT2D eigenvalue weighted by Gasteiger charge is 2.25. The van der Waals surface area contributed by atoms with Gasteiger partial charge in [0, 0.05) is 19.1 Å². The molecule has 0 spiro atoms. The van der Waals surface area contributed by atoms with Crippen LogP contribution in [0.4, 0.5) is 4.79 Å². The van der Waals surface area contributed by atoms with E-state index in [1.54, 1.807) is 0 Å². The molecule has 1 aliphatic rings. The molecule has 0 aromatic heterocycles. The van der Waals surface area contributed by atoms with E-state index in [4.69, 9.17) is 5.73 Å². The van der Waals surface area contributed by atoms with Crippen LogP contribution >= 0.6 is 0 Å². The fourth-order valence-corrected chi connectivity index (χ4v) is 3.05. The predicted molar refractivity (Wildman–Crippen MR) is 89.9 cm³/mol. The van der Waals surface area contributed by atoms with Gasteiger partial charge in [0.1, 0.15) is 0 Å². The molecule has 2 atom stereocenters. The normalized spacial score (nSPS) is 19.2. The van der Waals surface area contributed by atoms with Crippen molar-refractivity contribution in [2.75, 3.05) is 20.1 Å². The Morgan fingerprint density at radius 2 is 2.22 bits per heavy atom. The van der Waals surface area contributed by atoms with Crippen molar-refractivity contribution in [2.45, 2.75) is 38.3 Å². The summed E-state index contributed by atoms with van der Waals surface area (Å²) in [6.07, 6.45) is 2.31. The number of nitrogens with two attached hydrogens (primary N) is 1. The molecule has 0 aliphatic carbocycles. The molecule has 1 fully saturated rings. The van der Waals surface area contributed by atoms with E-state index >= 15 is 0 Å². The Kier molecular flexibility index (Phi) is 5.98. The second kappa shape index (κ2) is 7.97. The molecule has 6 heteroatoms. The first-order valence-corrected chi connectivity index (χ1v) is 8.07. The third kappa shape index (κ3) is 4.96. The van der Waals surface area contributed by atoms with E-state index in [0.29, 0.717) is 12.6 Å². The molecule has 0 bridgehead atoms. The number of carbonyl (C=O) groups is 2. The molecule has 6 nitrogen and oxygen atoms in total. The van der Waals surface area contributed by atoms with Gasteiger partial charge in [0.15, 0.2) is 0 Å². The van der Waals surface area contributed by atoms with Crippen molar-refractivity contribution in [1.29, 1.82) is 0 Å². The van der Waals surface area contributed by atoms with Crippen LogP contribution in [0.15, 0.2) is 24.3 Å². The molecule has 0 radical (unpaired) electrons. The molecule has 126 valence electrons. The summed E-state index contributed by atoms with van der Waals surface area (Å²) in [4.78, 5) is 25.8. The lowest BCUT2D eigenvalue weighted by atomic mass is 9.99. The number of benzene rings is 1. The summed E-state index contributed by atoms with van der Waals surface area (Å²) in [5.41, 5.74) is 7.27. The fraction of sp³-hybridized carbons (Fsp3) is 0.529. The van der Waals surface area contributed by atoms with Gasteiger partial charge in [-0.15, -0.1) is 0 Å². The number of hydrogen-bond acceptors (Lipinski definition) is 3. The van der Waals surface area contributed by atoms with Crippen LogP contribution in [-0.4, -0.2) is 43.0 Å². The largest absolute Gasteiger partial charge is 0.352 e. The Bertz CT molecular complexity index is 561. The highest BCUT2D eigenvalue weighted by molar-refractivity contribution is 5.79. The van der Waals surface area contributed by atoms with E-state index in [9.17, 15) is 9.59 Å². The summed E-state index contributed by atoms with van der Waals surface area (Å²) >= 11 is 0. The van der Waals surface area contributed by atoms with Crippen molar-refractivity contribution in [3.63, 3.8) is 0 Å². The van der Waals surface area contributed by atoms with Gasteiger partial charge in [0.2, 0.25) is 5.91 Å². The zero-order chi connectivity index (χ0) is 16.8. The topological polar surface area (TPSA) is 87.5 Å². The summed E-state index contributed by atoms with van der Waals surface area (Å²) in [5.74, 6) is 0.0465. The van der Waals surface area contributed by atoms with E-state index < -0.39 is 12.1 Å². The number of carbonyl (C=O) groups excluding carboxylic acids is 2. The lowest BCUT2D eigenvalue weighted by Crippen LogP contribution is -2.48. The van der Waals surface area contributed by atoms with E-state index in [1.807, 2.05) is 43.1 Å². The first-order chi connectivity index (χ1) is 11.0. The number of likely N-dealkylation sites (tertiary alicyclic amines) is 1. The standard InChI is InChI=1S/C17H26N4O2/c1-12-5-3-6-13(9-12)15(20-17(18)23)10-16(22)21-8-4-7-14(11-21)19-2/h3,5-6,9,14-15,19H,4,7-8,10-11H2,1-2H3,(H3,18,20,23)/t14-,15+/m0/s1. The number of aryl methyl sites for hydroxylation is 1. The lowest BCUT2D eigenvalue weighted by molar-refractivity contribution is -0.133. The number of urea groups is 1. The van der Waals surface area contributed by atoms with Crippen molar-refractivity contribution in [3.8, 4) is 0 Å². The molecule has 3 amide bonds. The zero-order valence-corrected chi connectivity index (χ0v) is 13.8. The van der Waals surface area contributed by atoms with Crippen LogP contribution in [0.25, 0.3) is 0 Å². The predicted octanol–water partition coefficient (Wildman–Crippen LogP) is 1.30. The highest BCUT2D eigenvalue weighted by atomic mass is 16.2. The molecule has 0 unspecified atom stereocenters. The van der Waals surface area contributed by atoms with Crippen molar-refractivity contribution in [2.24, 2.45) is 5.73 Å². The number of likely N-dealkylation sites (N-methyl/N-ethyl adjacent to an activating group) is 1. The molecule has 1 heterocycles. The maximum Gasteiger partial charge on any atom is 0.312 e.